The van der Waals surface area contributed by atoms with Crippen LogP contribution in [0.2, 0.25) is 0 Å². The SMILES string of the molecule is CCCc1nc(-c2cc3sccc3n2C)n(CCOc2ccc(OC3CCNCC3)cc2)c1-c1ccccc1.Cl. The lowest BCUT2D eigenvalue weighted by Crippen LogP contribution is -2.34. The van der Waals surface area contributed by atoms with Crippen molar-refractivity contribution in [3.63, 3.8) is 0 Å². The van der Waals surface area contributed by atoms with Crippen LogP contribution in [0.15, 0.2) is 72.1 Å². The molecule has 0 unspecified atom stereocenters. The highest BCUT2D eigenvalue weighted by atomic mass is 35.5. The number of aryl methyl sites for hydroxylation is 2. The van der Waals surface area contributed by atoms with Crippen LogP contribution in [0.25, 0.3) is 33.0 Å². The molecule has 8 heteroatoms. The average molecular weight is 577 g/mol. The third kappa shape index (κ3) is 5.92. The van der Waals surface area contributed by atoms with Crippen molar-refractivity contribution in [1.82, 2.24) is 19.4 Å². The predicted octanol–water partition coefficient (Wildman–Crippen LogP) is 7.35. The third-order valence-electron chi connectivity index (χ3n) is 7.46. The van der Waals surface area contributed by atoms with Gasteiger partial charge in [-0.15, -0.1) is 23.7 Å². The number of thiophene rings is 1. The van der Waals surface area contributed by atoms with E-state index in [-0.39, 0.29) is 12.4 Å². The zero-order chi connectivity index (χ0) is 26.6. The van der Waals surface area contributed by atoms with Gasteiger partial charge in [0.1, 0.15) is 24.2 Å². The van der Waals surface area contributed by atoms with Crippen LogP contribution in [0.4, 0.5) is 0 Å². The standard InChI is InChI=1S/C32H36N4O2S.ClH/c1-3-7-27-31(23-8-5-4-6-9-23)36(32(34-27)29-22-30-28(35(29)2)16-21-39-30)19-20-37-24-10-12-25(13-11-24)38-26-14-17-33-18-15-26;/h4-6,8-13,16,21-22,26,33H,3,7,14-15,17-20H2,1-2H3;1H. The Morgan fingerprint density at radius 1 is 1.00 bits per heavy atom. The smallest absolute Gasteiger partial charge is 0.157 e. The van der Waals surface area contributed by atoms with Crippen LogP contribution in [-0.2, 0) is 20.0 Å². The number of hydrogen-bond acceptors (Lipinski definition) is 5. The number of fused-ring (bicyclic) bond motifs is 1. The second kappa shape index (κ2) is 12.9. The van der Waals surface area contributed by atoms with Crippen LogP contribution in [0.5, 0.6) is 11.5 Å². The summed E-state index contributed by atoms with van der Waals surface area (Å²) in [6.07, 6.45) is 4.37. The Kier molecular flexibility index (Phi) is 9.15. The van der Waals surface area contributed by atoms with Crippen molar-refractivity contribution >= 4 is 34.0 Å². The Balaban J connectivity index is 0.00000323. The molecule has 3 aromatic heterocycles. The molecule has 0 atom stereocenters. The minimum atomic E-state index is 0. The summed E-state index contributed by atoms with van der Waals surface area (Å²) in [5, 5.41) is 5.53. The maximum absolute atomic E-state index is 6.26. The fraction of sp³-hybridized carbons (Fsp3) is 0.344. The van der Waals surface area contributed by atoms with Gasteiger partial charge in [-0.2, -0.15) is 0 Å². The maximum atomic E-state index is 6.26. The van der Waals surface area contributed by atoms with E-state index in [0.717, 1.165) is 67.5 Å². The van der Waals surface area contributed by atoms with Gasteiger partial charge in [0.2, 0.25) is 0 Å². The number of nitrogens with one attached hydrogen (secondary N) is 1. The number of piperidine rings is 1. The molecule has 5 aromatic rings. The minimum absolute atomic E-state index is 0. The number of imidazole rings is 1. The molecular weight excluding hydrogens is 540 g/mol. The zero-order valence-corrected chi connectivity index (χ0v) is 24.8. The lowest BCUT2D eigenvalue weighted by atomic mass is 10.1. The Morgan fingerprint density at radius 2 is 1.75 bits per heavy atom. The Bertz CT molecular complexity index is 1520. The number of halogens is 1. The van der Waals surface area contributed by atoms with Gasteiger partial charge in [0.25, 0.3) is 0 Å². The molecule has 1 N–H and O–H groups in total. The molecule has 1 fully saturated rings. The molecule has 1 saturated heterocycles. The number of benzene rings is 2. The molecule has 0 radical (unpaired) electrons. The third-order valence-corrected chi connectivity index (χ3v) is 8.32. The quantitative estimate of drug-likeness (QED) is 0.189. The van der Waals surface area contributed by atoms with Gasteiger partial charge in [-0.1, -0.05) is 43.7 Å². The molecule has 6 rings (SSSR count). The van der Waals surface area contributed by atoms with Crippen molar-refractivity contribution in [2.75, 3.05) is 19.7 Å². The first-order chi connectivity index (χ1) is 19.2. The van der Waals surface area contributed by atoms with E-state index in [1.807, 2.05) is 24.3 Å². The summed E-state index contributed by atoms with van der Waals surface area (Å²) < 4.78 is 18.3. The molecule has 0 spiro atoms. The van der Waals surface area contributed by atoms with Crippen LogP contribution < -0.4 is 14.8 Å². The molecule has 1 aliphatic rings. The first kappa shape index (κ1) is 28.3. The number of aromatic nitrogens is 3. The summed E-state index contributed by atoms with van der Waals surface area (Å²) in [7, 11) is 2.13. The van der Waals surface area contributed by atoms with E-state index >= 15 is 0 Å². The molecule has 0 aliphatic carbocycles. The van der Waals surface area contributed by atoms with Crippen molar-refractivity contribution in [2.24, 2.45) is 7.05 Å². The van der Waals surface area contributed by atoms with Crippen molar-refractivity contribution in [2.45, 2.75) is 45.3 Å². The highest BCUT2D eigenvalue weighted by molar-refractivity contribution is 7.17. The summed E-state index contributed by atoms with van der Waals surface area (Å²) >= 11 is 1.77. The van der Waals surface area contributed by atoms with Crippen molar-refractivity contribution in [1.29, 1.82) is 0 Å². The number of ether oxygens (including phenoxy) is 2. The fourth-order valence-corrected chi connectivity index (χ4v) is 6.33. The molecule has 210 valence electrons. The molecule has 40 heavy (non-hydrogen) atoms. The fourth-order valence-electron chi connectivity index (χ4n) is 5.49. The van der Waals surface area contributed by atoms with Crippen LogP contribution in [0, 0.1) is 0 Å². The Morgan fingerprint density at radius 3 is 2.48 bits per heavy atom. The van der Waals surface area contributed by atoms with Crippen LogP contribution in [0.3, 0.4) is 0 Å². The summed E-state index contributed by atoms with van der Waals surface area (Å²) in [4.78, 5) is 5.25. The highest BCUT2D eigenvalue weighted by Gasteiger charge is 2.22. The largest absolute Gasteiger partial charge is 0.492 e. The molecular formula is C32H37ClN4O2S. The van der Waals surface area contributed by atoms with Gasteiger partial charge in [0.15, 0.2) is 5.82 Å². The first-order valence-corrected chi connectivity index (χ1v) is 14.9. The van der Waals surface area contributed by atoms with E-state index in [0.29, 0.717) is 19.3 Å². The van der Waals surface area contributed by atoms with E-state index in [2.05, 4.69) is 76.3 Å². The number of rotatable bonds is 10. The number of nitrogens with zero attached hydrogens (tertiary/aromatic N) is 3. The minimum Gasteiger partial charge on any atom is -0.492 e. The maximum Gasteiger partial charge on any atom is 0.157 e. The predicted molar refractivity (Wildman–Crippen MR) is 167 cm³/mol. The Labute approximate surface area is 246 Å². The van der Waals surface area contributed by atoms with Gasteiger partial charge in [-0.3, -0.25) is 0 Å². The molecule has 0 amide bonds. The molecule has 2 aromatic carbocycles. The summed E-state index contributed by atoms with van der Waals surface area (Å²) in [5.41, 5.74) is 5.89. The second-order valence-corrected chi connectivity index (χ2v) is 11.1. The van der Waals surface area contributed by atoms with Crippen LogP contribution in [-0.4, -0.2) is 39.9 Å². The van der Waals surface area contributed by atoms with Gasteiger partial charge in [-0.05, 0) is 74.1 Å². The van der Waals surface area contributed by atoms with Gasteiger partial charge in [-0.25, -0.2) is 4.98 Å². The molecule has 6 nitrogen and oxygen atoms in total. The monoisotopic (exact) mass is 576 g/mol. The lowest BCUT2D eigenvalue weighted by molar-refractivity contribution is 0.162. The summed E-state index contributed by atoms with van der Waals surface area (Å²) in [6, 6.07) is 23.1. The van der Waals surface area contributed by atoms with Gasteiger partial charge < -0.3 is 23.9 Å². The number of hydrogen-bond donors (Lipinski definition) is 1. The molecule has 0 saturated carbocycles. The van der Waals surface area contributed by atoms with Gasteiger partial charge in [0, 0.05) is 12.6 Å². The first-order valence-electron chi connectivity index (χ1n) is 14.0. The van der Waals surface area contributed by atoms with Crippen LogP contribution in [0.1, 0.15) is 31.9 Å². The topological polar surface area (TPSA) is 53.2 Å². The highest BCUT2D eigenvalue weighted by Crippen LogP contribution is 2.35. The van der Waals surface area contributed by atoms with Crippen LogP contribution >= 0.6 is 23.7 Å². The Hall–Kier alpha value is -3.26. The average Bonchev–Trinajstić information content (AvgIpc) is 3.66. The normalized spacial score (nSPS) is 13.8. The second-order valence-electron chi connectivity index (χ2n) is 10.1. The zero-order valence-electron chi connectivity index (χ0n) is 23.1. The van der Waals surface area contributed by atoms with E-state index in [4.69, 9.17) is 14.5 Å². The summed E-state index contributed by atoms with van der Waals surface area (Å²) in [5.74, 6) is 2.76. The van der Waals surface area contributed by atoms with Gasteiger partial charge in [0.05, 0.1) is 33.8 Å². The van der Waals surface area contributed by atoms with E-state index in [1.54, 1.807) is 11.3 Å². The van der Waals surface area contributed by atoms with E-state index in [1.165, 1.54) is 21.5 Å². The van der Waals surface area contributed by atoms with E-state index < -0.39 is 0 Å². The summed E-state index contributed by atoms with van der Waals surface area (Å²) in [6.45, 7) is 5.50. The van der Waals surface area contributed by atoms with Crippen molar-refractivity contribution < 1.29 is 9.47 Å². The molecule has 0 bridgehead atoms. The van der Waals surface area contributed by atoms with Crippen molar-refractivity contribution in [3.05, 3.63) is 77.8 Å². The van der Waals surface area contributed by atoms with Gasteiger partial charge >= 0.3 is 0 Å². The van der Waals surface area contributed by atoms with Crippen molar-refractivity contribution in [3.8, 4) is 34.3 Å². The lowest BCUT2D eigenvalue weighted by Gasteiger charge is -2.23. The molecule has 1 aliphatic heterocycles. The van der Waals surface area contributed by atoms with E-state index in [9.17, 15) is 0 Å². The molecule has 4 heterocycles.